The van der Waals surface area contributed by atoms with Crippen molar-refractivity contribution in [2.45, 2.75) is 0 Å². The van der Waals surface area contributed by atoms with Gasteiger partial charge in [0.1, 0.15) is 0 Å². The smallest absolute Gasteiger partial charge is 0.314 e. The number of ketones is 2. The Morgan fingerprint density at radius 3 is 1.20 bits per heavy atom. The molecule has 198 valence electrons. The van der Waals surface area contributed by atoms with Gasteiger partial charge in [-0.1, -0.05) is 60.7 Å². The highest BCUT2D eigenvalue weighted by atomic mass is 16.6. The van der Waals surface area contributed by atoms with Crippen LogP contribution in [0.4, 0.5) is 22.7 Å². The number of rotatable bonds is 8. The van der Waals surface area contributed by atoms with Crippen LogP contribution < -0.4 is 10.6 Å². The van der Waals surface area contributed by atoms with Gasteiger partial charge in [0.2, 0.25) is 0 Å². The zero-order chi connectivity index (χ0) is 28.8. The van der Waals surface area contributed by atoms with Crippen molar-refractivity contribution in [3.05, 3.63) is 140 Å². The van der Waals surface area contributed by atoms with Crippen LogP contribution >= 0.6 is 0 Å². The quantitative estimate of drug-likeness (QED) is 0.142. The molecule has 0 aromatic heterocycles. The minimum absolute atomic E-state index is 0.163. The van der Waals surface area contributed by atoms with Crippen LogP contribution in [0.15, 0.2) is 97.1 Å². The molecule has 40 heavy (non-hydrogen) atoms. The Morgan fingerprint density at radius 1 is 0.525 bits per heavy atom. The van der Waals surface area contributed by atoms with Gasteiger partial charge < -0.3 is 10.6 Å². The summed E-state index contributed by atoms with van der Waals surface area (Å²) >= 11 is 0. The van der Waals surface area contributed by atoms with Crippen LogP contribution in [0, 0.1) is 20.2 Å². The van der Waals surface area contributed by atoms with E-state index in [1.54, 1.807) is 36.4 Å². The van der Waals surface area contributed by atoms with Crippen molar-refractivity contribution in [2.75, 3.05) is 10.6 Å². The number of benzene rings is 4. The van der Waals surface area contributed by atoms with Gasteiger partial charge in [-0.25, -0.2) is 0 Å². The van der Waals surface area contributed by atoms with Gasteiger partial charge in [0.15, 0.2) is 11.6 Å². The summed E-state index contributed by atoms with van der Waals surface area (Å²) in [7, 11) is 0. The van der Waals surface area contributed by atoms with Crippen LogP contribution in [0.25, 0.3) is 0 Å². The maximum Gasteiger partial charge on any atom is 0.314 e. The zero-order valence-electron chi connectivity index (χ0n) is 20.4. The van der Waals surface area contributed by atoms with Gasteiger partial charge >= 0.3 is 11.8 Å². The predicted molar refractivity (Wildman–Crippen MR) is 143 cm³/mol. The van der Waals surface area contributed by atoms with Gasteiger partial charge in [-0.3, -0.25) is 39.4 Å². The SMILES string of the molecule is O=C(Nc1ccc([N+](=O)[O-])cc1C(=O)c1ccccc1)C(=O)Nc1ccc([N+](=O)[O-])cc1C(=O)c1ccccc1. The van der Waals surface area contributed by atoms with Crippen molar-refractivity contribution < 1.29 is 29.0 Å². The van der Waals surface area contributed by atoms with Crippen LogP contribution in [0.2, 0.25) is 0 Å². The van der Waals surface area contributed by atoms with Gasteiger partial charge in [0.25, 0.3) is 11.4 Å². The normalized spacial score (nSPS) is 10.3. The van der Waals surface area contributed by atoms with Gasteiger partial charge in [0.05, 0.1) is 32.3 Å². The molecule has 0 saturated heterocycles. The molecule has 12 nitrogen and oxygen atoms in total. The summed E-state index contributed by atoms with van der Waals surface area (Å²) in [5.41, 5.74) is -1.20. The molecule has 0 atom stereocenters. The lowest BCUT2D eigenvalue weighted by atomic mass is 10.0. The number of amides is 2. The van der Waals surface area contributed by atoms with E-state index in [0.717, 1.165) is 36.4 Å². The summed E-state index contributed by atoms with van der Waals surface area (Å²) in [4.78, 5) is 72.9. The van der Waals surface area contributed by atoms with Crippen molar-refractivity contribution in [2.24, 2.45) is 0 Å². The first-order chi connectivity index (χ1) is 19.2. The summed E-state index contributed by atoms with van der Waals surface area (Å²) < 4.78 is 0. The molecule has 0 saturated carbocycles. The maximum absolute atomic E-state index is 13.1. The second-order valence-electron chi connectivity index (χ2n) is 8.27. The van der Waals surface area contributed by atoms with E-state index in [4.69, 9.17) is 0 Å². The molecule has 0 spiro atoms. The summed E-state index contributed by atoms with van der Waals surface area (Å²) in [5.74, 6) is -3.78. The van der Waals surface area contributed by atoms with Gasteiger partial charge in [-0.2, -0.15) is 0 Å². The van der Waals surface area contributed by atoms with Gasteiger partial charge in [-0.15, -0.1) is 0 Å². The number of nitrogens with zero attached hydrogens (tertiary/aromatic N) is 2. The maximum atomic E-state index is 13.1. The van der Waals surface area contributed by atoms with E-state index in [2.05, 4.69) is 10.6 Å². The molecular formula is C28H18N4O8. The molecule has 4 aromatic carbocycles. The number of nitro groups is 2. The number of anilines is 2. The van der Waals surface area contributed by atoms with E-state index < -0.39 is 44.6 Å². The summed E-state index contributed by atoms with van der Waals surface area (Å²) in [6.45, 7) is 0. The first-order valence-corrected chi connectivity index (χ1v) is 11.5. The highest BCUT2D eigenvalue weighted by molar-refractivity contribution is 6.44. The van der Waals surface area contributed by atoms with Crippen molar-refractivity contribution in [1.82, 2.24) is 0 Å². The first kappa shape index (κ1) is 27.0. The summed E-state index contributed by atoms with van der Waals surface area (Å²) in [6, 6.07) is 22.0. The number of hydrogen-bond donors (Lipinski definition) is 2. The fourth-order valence-corrected chi connectivity index (χ4v) is 3.73. The Labute approximate surface area is 225 Å². The topological polar surface area (TPSA) is 179 Å². The number of hydrogen-bond acceptors (Lipinski definition) is 8. The second kappa shape index (κ2) is 11.6. The highest BCUT2D eigenvalue weighted by Gasteiger charge is 2.24. The average molecular weight is 538 g/mol. The van der Waals surface area contributed by atoms with E-state index in [1.807, 2.05) is 0 Å². The zero-order valence-corrected chi connectivity index (χ0v) is 20.4. The Bertz CT molecular complexity index is 1550. The molecule has 0 fully saturated rings. The first-order valence-electron chi connectivity index (χ1n) is 11.5. The molecule has 4 rings (SSSR count). The Balaban J connectivity index is 1.63. The lowest BCUT2D eigenvalue weighted by Gasteiger charge is -2.13. The summed E-state index contributed by atoms with van der Waals surface area (Å²) in [6.07, 6.45) is 0. The molecular weight excluding hydrogens is 520 g/mol. The van der Waals surface area contributed by atoms with E-state index in [9.17, 15) is 39.4 Å². The molecule has 0 heterocycles. The molecule has 0 radical (unpaired) electrons. The number of carbonyl (C=O) groups excluding carboxylic acids is 4. The standard InChI is InChI=1S/C28H18N4O8/c33-25(17-7-3-1-4-8-17)21-15-19(31(37)38)11-13-23(21)29-27(35)28(36)30-24-14-12-20(32(39)40)16-22(24)26(34)18-9-5-2-6-10-18/h1-16H,(H,29,35)(H,30,36). The van der Waals surface area contributed by atoms with Crippen molar-refractivity contribution in [3.8, 4) is 0 Å². The molecule has 12 heteroatoms. The second-order valence-corrected chi connectivity index (χ2v) is 8.27. The number of non-ortho nitro benzene ring substituents is 2. The van der Waals surface area contributed by atoms with E-state index in [-0.39, 0.29) is 33.6 Å². The third-order valence-electron chi connectivity index (χ3n) is 5.69. The molecule has 0 aliphatic carbocycles. The number of nitrogens with one attached hydrogen (secondary N) is 2. The van der Waals surface area contributed by atoms with Crippen molar-refractivity contribution in [3.63, 3.8) is 0 Å². The molecule has 0 bridgehead atoms. The highest BCUT2D eigenvalue weighted by Crippen LogP contribution is 2.27. The lowest BCUT2D eigenvalue weighted by Crippen LogP contribution is -2.30. The van der Waals surface area contributed by atoms with Crippen molar-refractivity contribution in [1.29, 1.82) is 0 Å². The van der Waals surface area contributed by atoms with E-state index in [0.29, 0.717) is 0 Å². The van der Waals surface area contributed by atoms with E-state index >= 15 is 0 Å². The fourth-order valence-electron chi connectivity index (χ4n) is 3.73. The minimum atomic E-state index is -1.26. The van der Waals surface area contributed by atoms with Crippen LogP contribution in [0.1, 0.15) is 31.8 Å². The average Bonchev–Trinajstić information content (AvgIpc) is 2.97. The number of nitro benzene ring substituents is 2. The van der Waals surface area contributed by atoms with Crippen LogP contribution in [0.3, 0.4) is 0 Å². The van der Waals surface area contributed by atoms with Gasteiger partial charge in [-0.05, 0) is 12.1 Å². The minimum Gasteiger partial charge on any atom is -0.317 e. The van der Waals surface area contributed by atoms with Crippen LogP contribution in [-0.4, -0.2) is 33.2 Å². The predicted octanol–water partition coefficient (Wildman–Crippen LogP) is 4.54. The summed E-state index contributed by atoms with van der Waals surface area (Å²) in [5, 5.41) is 27.1. The third-order valence-corrected chi connectivity index (χ3v) is 5.69. The van der Waals surface area contributed by atoms with Crippen molar-refractivity contribution >= 4 is 46.1 Å². The molecule has 0 aliphatic rings. The Morgan fingerprint density at radius 2 is 0.875 bits per heavy atom. The fraction of sp³-hybridized carbons (Fsp3) is 0. The molecule has 2 amide bonds. The van der Waals surface area contributed by atoms with Crippen LogP contribution in [0.5, 0.6) is 0 Å². The Hall–Kier alpha value is -6.04. The molecule has 2 N–H and O–H groups in total. The lowest BCUT2D eigenvalue weighted by molar-refractivity contribution is -0.385. The largest absolute Gasteiger partial charge is 0.317 e. The Kier molecular flexibility index (Phi) is 7.81. The van der Waals surface area contributed by atoms with Gasteiger partial charge in [0, 0.05) is 35.4 Å². The number of carbonyl (C=O) groups is 4. The molecule has 0 unspecified atom stereocenters. The molecule has 4 aromatic rings. The third kappa shape index (κ3) is 5.92. The monoisotopic (exact) mass is 538 g/mol. The van der Waals surface area contributed by atoms with Crippen LogP contribution in [-0.2, 0) is 9.59 Å². The van der Waals surface area contributed by atoms with E-state index in [1.165, 1.54) is 24.3 Å². The molecule has 0 aliphatic heterocycles.